The van der Waals surface area contributed by atoms with Crippen molar-refractivity contribution in [3.05, 3.63) is 65.7 Å². The first-order valence-corrected chi connectivity index (χ1v) is 10.9. The van der Waals surface area contributed by atoms with Gasteiger partial charge < -0.3 is 32.3 Å². The molecule has 0 fully saturated rings. The van der Waals surface area contributed by atoms with Crippen LogP contribution in [0.5, 0.6) is 5.75 Å². The Morgan fingerprint density at radius 3 is 2.03 bits per heavy atom. The smallest absolute Gasteiger partial charge is 0.326 e. The van der Waals surface area contributed by atoms with Crippen LogP contribution >= 0.6 is 0 Å². The summed E-state index contributed by atoms with van der Waals surface area (Å²) in [6.07, 6.45) is 1.81. The van der Waals surface area contributed by atoms with Gasteiger partial charge in [-0.25, -0.2) is 4.79 Å². The third-order valence-corrected chi connectivity index (χ3v) is 5.21. The van der Waals surface area contributed by atoms with E-state index in [0.717, 1.165) is 5.56 Å². The number of aromatic hydroxyl groups is 1. The molecular weight excluding hydrogens is 424 g/mol. The summed E-state index contributed by atoms with van der Waals surface area (Å²) >= 11 is 0. The van der Waals surface area contributed by atoms with Crippen molar-refractivity contribution in [1.82, 2.24) is 10.6 Å². The predicted molar refractivity (Wildman–Crippen MR) is 124 cm³/mol. The lowest BCUT2D eigenvalue weighted by Gasteiger charge is -2.23. The second kappa shape index (κ2) is 13.2. The van der Waals surface area contributed by atoms with Crippen molar-refractivity contribution in [2.24, 2.45) is 11.5 Å². The number of benzene rings is 2. The zero-order chi connectivity index (χ0) is 24.2. The maximum Gasteiger partial charge on any atom is 0.326 e. The van der Waals surface area contributed by atoms with Crippen LogP contribution in [0, 0.1) is 0 Å². The van der Waals surface area contributed by atoms with E-state index >= 15 is 0 Å². The number of phenols is 1. The second-order valence-electron chi connectivity index (χ2n) is 7.91. The van der Waals surface area contributed by atoms with Gasteiger partial charge in [0.25, 0.3) is 0 Å². The lowest BCUT2D eigenvalue weighted by molar-refractivity contribution is -0.142. The first kappa shape index (κ1) is 25.8. The molecular formula is C24H32N4O5. The Morgan fingerprint density at radius 1 is 0.818 bits per heavy atom. The fourth-order valence-corrected chi connectivity index (χ4v) is 3.34. The zero-order valence-corrected chi connectivity index (χ0v) is 18.4. The number of phenolic OH excluding ortho intramolecular Hbond substituents is 1. The first-order chi connectivity index (χ1) is 15.8. The summed E-state index contributed by atoms with van der Waals surface area (Å²) < 4.78 is 0. The average molecular weight is 457 g/mol. The minimum Gasteiger partial charge on any atom is -0.508 e. The summed E-state index contributed by atoms with van der Waals surface area (Å²) in [6.45, 7) is 0.430. The third kappa shape index (κ3) is 8.91. The Hall–Kier alpha value is -3.43. The van der Waals surface area contributed by atoms with Crippen LogP contribution < -0.4 is 22.1 Å². The highest BCUT2D eigenvalue weighted by atomic mass is 16.4. The Balaban J connectivity index is 2.12. The minimum absolute atomic E-state index is 0.0690. The van der Waals surface area contributed by atoms with E-state index in [1.165, 1.54) is 12.1 Å². The monoisotopic (exact) mass is 456 g/mol. The van der Waals surface area contributed by atoms with Gasteiger partial charge in [-0.15, -0.1) is 0 Å². The highest BCUT2D eigenvalue weighted by Crippen LogP contribution is 2.12. The number of carboxylic acid groups (broad SMARTS) is 1. The molecule has 2 aromatic rings. The fraction of sp³-hybridized carbons (Fsp3) is 0.375. The van der Waals surface area contributed by atoms with Crippen molar-refractivity contribution < 1.29 is 24.6 Å². The van der Waals surface area contributed by atoms with Crippen LogP contribution in [0.2, 0.25) is 0 Å². The summed E-state index contributed by atoms with van der Waals surface area (Å²) in [5.74, 6) is -2.23. The quantitative estimate of drug-likeness (QED) is 0.241. The van der Waals surface area contributed by atoms with Crippen molar-refractivity contribution >= 4 is 17.8 Å². The van der Waals surface area contributed by atoms with Crippen LogP contribution in [0.3, 0.4) is 0 Å². The number of nitrogens with one attached hydrogen (secondary N) is 2. The Kier molecular flexibility index (Phi) is 10.3. The largest absolute Gasteiger partial charge is 0.508 e. The average Bonchev–Trinajstić information content (AvgIpc) is 2.79. The molecule has 0 unspecified atom stereocenters. The molecule has 0 spiro atoms. The van der Waals surface area contributed by atoms with Crippen molar-refractivity contribution in [1.29, 1.82) is 0 Å². The second-order valence-corrected chi connectivity index (χ2v) is 7.91. The standard InChI is InChI=1S/C24H32N4O5/c25-13-5-4-8-20(24(32)33)27-23(31)21(15-17-9-11-18(29)12-10-17)28-22(30)19(26)14-16-6-2-1-3-7-16/h1-3,6-7,9-12,19-21,29H,4-5,8,13-15,25-26H2,(H,27,31)(H,28,30)(H,32,33)/t19-,20-,21+/m0/s1. The highest BCUT2D eigenvalue weighted by molar-refractivity contribution is 5.92. The number of hydrogen-bond donors (Lipinski definition) is 6. The van der Waals surface area contributed by atoms with Crippen LogP contribution in [0.1, 0.15) is 30.4 Å². The number of rotatable bonds is 13. The molecule has 0 aliphatic carbocycles. The van der Waals surface area contributed by atoms with Crippen LogP contribution in [0.15, 0.2) is 54.6 Å². The first-order valence-electron chi connectivity index (χ1n) is 10.9. The van der Waals surface area contributed by atoms with Gasteiger partial charge in [0.05, 0.1) is 6.04 Å². The molecule has 2 rings (SSSR count). The maximum atomic E-state index is 13.0. The van der Waals surface area contributed by atoms with Crippen molar-refractivity contribution in [2.75, 3.05) is 6.54 Å². The van der Waals surface area contributed by atoms with Gasteiger partial charge in [-0.2, -0.15) is 0 Å². The molecule has 0 aliphatic heterocycles. The Morgan fingerprint density at radius 2 is 1.42 bits per heavy atom. The van der Waals surface area contributed by atoms with E-state index in [2.05, 4.69) is 10.6 Å². The number of unbranched alkanes of at least 4 members (excludes halogenated alkanes) is 1. The van der Waals surface area contributed by atoms with E-state index < -0.39 is 35.9 Å². The predicted octanol–water partition coefficient (Wildman–Crippen LogP) is 0.688. The molecule has 9 nitrogen and oxygen atoms in total. The summed E-state index contributed by atoms with van der Waals surface area (Å²) in [4.78, 5) is 37.3. The number of nitrogens with two attached hydrogens (primary N) is 2. The molecule has 0 aliphatic rings. The molecule has 178 valence electrons. The fourth-order valence-electron chi connectivity index (χ4n) is 3.34. The molecule has 0 aromatic heterocycles. The summed E-state index contributed by atoms with van der Waals surface area (Å²) in [6, 6.07) is 12.4. The lowest BCUT2D eigenvalue weighted by atomic mass is 10.0. The van der Waals surface area contributed by atoms with Crippen molar-refractivity contribution in [2.45, 2.75) is 50.2 Å². The van der Waals surface area contributed by atoms with Crippen LogP contribution in [0.4, 0.5) is 0 Å². The van der Waals surface area contributed by atoms with E-state index in [0.29, 0.717) is 24.9 Å². The normalized spacial score (nSPS) is 13.5. The molecule has 33 heavy (non-hydrogen) atoms. The van der Waals surface area contributed by atoms with E-state index in [1.54, 1.807) is 12.1 Å². The molecule has 0 bridgehead atoms. The molecule has 3 atom stereocenters. The van der Waals surface area contributed by atoms with Gasteiger partial charge in [-0.05, 0) is 55.5 Å². The van der Waals surface area contributed by atoms with Gasteiger partial charge in [0.15, 0.2) is 0 Å². The number of carbonyl (C=O) groups is 3. The van der Waals surface area contributed by atoms with Crippen LogP contribution in [-0.2, 0) is 27.2 Å². The van der Waals surface area contributed by atoms with E-state index in [1.807, 2.05) is 30.3 Å². The molecule has 0 saturated carbocycles. The van der Waals surface area contributed by atoms with Crippen LogP contribution in [-0.4, -0.2) is 52.7 Å². The molecule has 8 N–H and O–H groups in total. The molecule has 0 heterocycles. The topological polar surface area (TPSA) is 168 Å². The SMILES string of the molecule is NCCCC[C@H](NC(=O)[C@@H](Cc1ccc(O)cc1)NC(=O)[C@@H](N)Cc1ccccc1)C(=O)O. The number of carbonyl (C=O) groups excluding carboxylic acids is 2. The van der Waals surface area contributed by atoms with Gasteiger partial charge in [-0.1, -0.05) is 42.5 Å². The molecule has 0 radical (unpaired) electrons. The highest BCUT2D eigenvalue weighted by Gasteiger charge is 2.28. The Bertz CT molecular complexity index is 905. The van der Waals surface area contributed by atoms with E-state index in [9.17, 15) is 24.6 Å². The summed E-state index contributed by atoms with van der Waals surface area (Å²) in [5.41, 5.74) is 13.1. The molecule has 2 amide bonds. The summed E-state index contributed by atoms with van der Waals surface area (Å²) in [7, 11) is 0. The maximum absolute atomic E-state index is 13.0. The van der Waals surface area contributed by atoms with E-state index in [-0.39, 0.29) is 25.0 Å². The van der Waals surface area contributed by atoms with Gasteiger partial charge in [0.2, 0.25) is 11.8 Å². The van der Waals surface area contributed by atoms with Gasteiger partial charge >= 0.3 is 5.97 Å². The van der Waals surface area contributed by atoms with E-state index in [4.69, 9.17) is 11.5 Å². The number of carboxylic acids is 1. The zero-order valence-electron chi connectivity index (χ0n) is 18.4. The van der Waals surface area contributed by atoms with Gasteiger partial charge in [0.1, 0.15) is 17.8 Å². The summed E-state index contributed by atoms with van der Waals surface area (Å²) in [5, 5.41) is 24.2. The number of aliphatic carboxylic acids is 1. The number of hydrogen-bond acceptors (Lipinski definition) is 6. The van der Waals surface area contributed by atoms with Crippen LogP contribution in [0.25, 0.3) is 0 Å². The van der Waals surface area contributed by atoms with Crippen molar-refractivity contribution in [3.63, 3.8) is 0 Å². The number of amides is 2. The van der Waals surface area contributed by atoms with Gasteiger partial charge in [-0.3, -0.25) is 9.59 Å². The third-order valence-electron chi connectivity index (χ3n) is 5.21. The van der Waals surface area contributed by atoms with Crippen molar-refractivity contribution in [3.8, 4) is 5.75 Å². The molecule has 0 saturated heterocycles. The molecule has 2 aromatic carbocycles. The Labute approximate surface area is 193 Å². The molecule has 9 heteroatoms. The lowest BCUT2D eigenvalue weighted by Crippen LogP contribution is -2.55. The van der Waals surface area contributed by atoms with Gasteiger partial charge in [0, 0.05) is 6.42 Å². The minimum atomic E-state index is -1.16.